The summed E-state index contributed by atoms with van der Waals surface area (Å²) in [5.41, 5.74) is 0. The molecular formula is C12H21N5O. The van der Waals surface area contributed by atoms with Crippen LogP contribution in [-0.2, 0) is 4.74 Å². The Labute approximate surface area is 108 Å². The summed E-state index contributed by atoms with van der Waals surface area (Å²) in [5, 5.41) is 3.33. The third-order valence-corrected chi connectivity index (χ3v) is 2.97. The number of morpholine rings is 1. The molecule has 1 aromatic heterocycles. The van der Waals surface area contributed by atoms with Crippen LogP contribution in [0.3, 0.4) is 0 Å². The van der Waals surface area contributed by atoms with Gasteiger partial charge in [-0.25, -0.2) is 9.97 Å². The molecule has 1 unspecified atom stereocenters. The van der Waals surface area contributed by atoms with E-state index in [2.05, 4.69) is 20.2 Å². The van der Waals surface area contributed by atoms with E-state index in [0.717, 1.165) is 37.9 Å². The first-order valence-electron chi connectivity index (χ1n) is 6.19. The highest BCUT2D eigenvalue weighted by Gasteiger charge is 2.16. The Kier molecular flexibility index (Phi) is 4.33. The molecule has 100 valence electrons. The molecular weight excluding hydrogens is 230 g/mol. The number of nitrogens with zero attached hydrogens (tertiary/aromatic N) is 4. The van der Waals surface area contributed by atoms with Gasteiger partial charge in [-0.15, -0.1) is 0 Å². The van der Waals surface area contributed by atoms with Gasteiger partial charge in [-0.1, -0.05) is 0 Å². The number of likely N-dealkylation sites (N-methyl/N-ethyl adjacent to an activating group) is 1. The van der Waals surface area contributed by atoms with Crippen molar-refractivity contribution >= 4 is 11.6 Å². The zero-order valence-electron chi connectivity index (χ0n) is 11.3. The number of aromatic nitrogens is 2. The second-order valence-corrected chi connectivity index (χ2v) is 4.71. The average Bonchev–Trinajstić information content (AvgIpc) is 2.40. The quantitative estimate of drug-likeness (QED) is 0.811. The Balaban J connectivity index is 1.99. The lowest BCUT2D eigenvalue weighted by atomic mass is 10.3. The van der Waals surface area contributed by atoms with Crippen LogP contribution in [-0.4, -0.2) is 63.5 Å². The van der Waals surface area contributed by atoms with E-state index < -0.39 is 0 Å². The van der Waals surface area contributed by atoms with Gasteiger partial charge in [-0.2, -0.15) is 0 Å². The summed E-state index contributed by atoms with van der Waals surface area (Å²) in [6.45, 7) is 3.45. The fraction of sp³-hybridized carbons (Fsp3) is 0.667. The van der Waals surface area contributed by atoms with Crippen molar-refractivity contribution in [3.8, 4) is 0 Å². The van der Waals surface area contributed by atoms with Gasteiger partial charge in [0.15, 0.2) is 0 Å². The molecule has 2 heterocycles. The lowest BCUT2D eigenvalue weighted by Gasteiger charge is -2.28. The number of ether oxygens (including phenoxy) is 1. The van der Waals surface area contributed by atoms with Crippen molar-refractivity contribution in [1.82, 2.24) is 15.3 Å². The molecule has 0 radical (unpaired) electrons. The molecule has 0 spiro atoms. The maximum absolute atomic E-state index is 5.69. The van der Waals surface area contributed by atoms with Crippen LogP contribution in [0.15, 0.2) is 12.4 Å². The van der Waals surface area contributed by atoms with Crippen LogP contribution in [0, 0.1) is 0 Å². The van der Waals surface area contributed by atoms with E-state index in [1.807, 2.05) is 32.1 Å². The van der Waals surface area contributed by atoms with Crippen molar-refractivity contribution < 1.29 is 4.74 Å². The van der Waals surface area contributed by atoms with Crippen LogP contribution in [0.1, 0.15) is 0 Å². The molecule has 6 heteroatoms. The number of rotatable bonds is 4. The molecule has 0 saturated carbocycles. The average molecular weight is 251 g/mol. The SMILES string of the molecule is CN(C)c1cc(N(C)CC2CNCCO2)ncn1. The molecule has 1 saturated heterocycles. The van der Waals surface area contributed by atoms with E-state index in [4.69, 9.17) is 4.74 Å². The van der Waals surface area contributed by atoms with Gasteiger partial charge in [0, 0.05) is 46.8 Å². The predicted octanol–water partition coefficient (Wildman–Crippen LogP) is -0.0328. The first-order valence-corrected chi connectivity index (χ1v) is 6.19. The minimum absolute atomic E-state index is 0.224. The zero-order valence-corrected chi connectivity index (χ0v) is 11.3. The number of hydrogen-bond donors (Lipinski definition) is 1. The third kappa shape index (κ3) is 3.30. The van der Waals surface area contributed by atoms with Crippen molar-refractivity contribution in [3.05, 3.63) is 12.4 Å². The molecule has 1 N–H and O–H groups in total. The third-order valence-electron chi connectivity index (χ3n) is 2.97. The van der Waals surface area contributed by atoms with E-state index in [-0.39, 0.29) is 6.10 Å². The molecule has 0 aliphatic carbocycles. The fourth-order valence-electron chi connectivity index (χ4n) is 1.93. The van der Waals surface area contributed by atoms with E-state index in [1.54, 1.807) is 6.33 Å². The summed E-state index contributed by atoms with van der Waals surface area (Å²) in [4.78, 5) is 12.6. The lowest BCUT2D eigenvalue weighted by Crippen LogP contribution is -2.44. The minimum atomic E-state index is 0.224. The molecule has 0 bridgehead atoms. The summed E-state index contributed by atoms with van der Waals surface area (Å²) < 4.78 is 5.69. The van der Waals surface area contributed by atoms with Crippen molar-refractivity contribution in [2.24, 2.45) is 0 Å². The first kappa shape index (κ1) is 13.0. The summed E-state index contributed by atoms with van der Waals surface area (Å²) in [7, 11) is 5.97. The Morgan fingerprint density at radius 2 is 2.11 bits per heavy atom. The van der Waals surface area contributed by atoms with Gasteiger partial charge >= 0.3 is 0 Å². The number of hydrogen-bond acceptors (Lipinski definition) is 6. The van der Waals surface area contributed by atoms with E-state index in [1.165, 1.54) is 0 Å². The monoisotopic (exact) mass is 251 g/mol. The second-order valence-electron chi connectivity index (χ2n) is 4.71. The highest BCUT2D eigenvalue weighted by molar-refractivity contribution is 5.48. The van der Waals surface area contributed by atoms with Crippen molar-refractivity contribution in [2.75, 3.05) is 57.2 Å². The summed E-state index contributed by atoms with van der Waals surface area (Å²) >= 11 is 0. The summed E-state index contributed by atoms with van der Waals surface area (Å²) in [5.74, 6) is 1.83. The zero-order chi connectivity index (χ0) is 13.0. The number of anilines is 2. The molecule has 2 rings (SSSR count). The maximum atomic E-state index is 5.69. The first-order chi connectivity index (χ1) is 8.66. The van der Waals surface area contributed by atoms with Gasteiger partial charge in [0.25, 0.3) is 0 Å². The highest BCUT2D eigenvalue weighted by Crippen LogP contribution is 2.15. The van der Waals surface area contributed by atoms with Crippen LogP contribution in [0.2, 0.25) is 0 Å². The topological polar surface area (TPSA) is 53.5 Å². The van der Waals surface area contributed by atoms with Crippen molar-refractivity contribution in [1.29, 1.82) is 0 Å². The van der Waals surface area contributed by atoms with Gasteiger partial charge in [-0.3, -0.25) is 0 Å². The molecule has 1 fully saturated rings. The Hall–Kier alpha value is -1.40. The molecule has 1 aliphatic heterocycles. The van der Waals surface area contributed by atoms with Gasteiger partial charge < -0.3 is 19.9 Å². The normalized spacial score (nSPS) is 19.6. The Morgan fingerprint density at radius 1 is 1.33 bits per heavy atom. The van der Waals surface area contributed by atoms with Crippen molar-refractivity contribution in [2.45, 2.75) is 6.10 Å². The van der Waals surface area contributed by atoms with Gasteiger partial charge in [-0.05, 0) is 0 Å². The molecule has 1 aliphatic rings. The van der Waals surface area contributed by atoms with Crippen LogP contribution < -0.4 is 15.1 Å². The van der Waals surface area contributed by atoms with Crippen LogP contribution in [0.5, 0.6) is 0 Å². The summed E-state index contributed by atoms with van der Waals surface area (Å²) in [6.07, 6.45) is 1.82. The predicted molar refractivity (Wildman–Crippen MR) is 72.2 cm³/mol. The second kappa shape index (κ2) is 5.97. The van der Waals surface area contributed by atoms with Crippen LogP contribution in [0.25, 0.3) is 0 Å². The smallest absolute Gasteiger partial charge is 0.133 e. The molecule has 0 amide bonds. The minimum Gasteiger partial charge on any atom is -0.374 e. The molecule has 1 aromatic rings. The lowest BCUT2D eigenvalue weighted by molar-refractivity contribution is 0.0339. The number of nitrogens with one attached hydrogen (secondary N) is 1. The van der Waals surface area contributed by atoms with E-state index >= 15 is 0 Å². The largest absolute Gasteiger partial charge is 0.374 e. The molecule has 1 atom stereocenters. The highest BCUT2D eigenvalue weighted by atomic mass is 16.5. The molecule has 18 heavy (non-hydrogen) atoms. The van der Waals surface area contributed by atoms with E-state index in [0.29, 0.717) is 0 Å². The van der Waals surface area contributed by atoms with E-state index in [9.17, 15) is 0 Å². The maximum Gasteiger partial charge on any atom is 0.133 e. The van der Waals surface area contributed by atoms with Crippen LogP contribution >= 0.6 is 0 Å². The van der Waals surface area contributed by atoms with Gasteiger partial charge in [0.2, 0.25) is 0 Å². The van der Waals surface area contributed by atoms with Gasteiger partial charge in [0.1, 0.15) is 18.0 Å². The molecule has 0 aromatic carbocycles. The Morgan fingerprint density at radius 3 is 2.78 bits per heavy atom. The molecule has 6 nitrogen and oxygen atoms in total. The summed E-state index contributed by atoms with van der Waals surface area (Å²) in [6, 6.07) is 1.98. The van der Waals surface area contributed by atoms with Gasteiger partial charge in [0.05, 0.1) is 12.7 Å². The van der Waals surface area contributed by atoms with Crippen LogP contribution in [0.4, 0.5) is 11.6 Å². The standard InChI is InChI=1S/C12H21N5O/c1-16(2)11-6-12(15-9-14-11)17(3)8-10-7-13-4-5-18-10/h6,9-10,13H,4-5,7-8H2,1-3H3. The Bertz CT molecular complexity index is 378. The van der Waals surface area contributed by atoms with Crippen molar-refractivity contribution in [3.63, 3.8) is 0 Å². The fourth-order valence-corrected chi connectivity index (χ4v) is 1.93.